The Morgan fingerprint density at radius 3 is 2.30 bits per heavy atom. The lowest BCUT2D eigenvalue weighted by Crippen LogP contribution is -2.47. The maximum absolute atomic E-state index is 11.9. The number of rotatable bonds is 6. The van der Waals surface area contributed by atoms with Crippen LogP contribution in [-0.2, 0) is 24.3 Å². The number of aliphatic carboxylic acids is 1. The molecule has 7 nitrogen and oxygen atoms in total. The van der Waals surface area contributed by atoms with E-state index in [-0.39, 0.29) is 6.54 Å². The van der Waals surface area contributed by atoms with Crippen molar-refractivity contribution in [3.63, 3.8) is 0 Å². The van der Waals surface area contributed by atoms with Crippen LogP contribution < -0.4 is 4.72 Å². The molecule has 0 heterocycles. The lowest BCUT2D eigenvalue weighted by Gasteiger charge is -2.33. The van der Waals surface area contributed by atoms with Gasteiger partial charge in [-0.15, -0.1) is 0 Å². The lowest BCUT2D eigenvalue weighted by atomic mass is 9.74. The molecule has 0 saturated heterocycles. The van der Waals surface area contributed by atoms with E-state index in [0.717, 1.165) is 26.4 Å². The van der Waals surface area contributed by atoms with Crippen LogP contribution in [0.2, 0.25) is 0 Å². The molecule has 1 fully saturated rings. The van der Waals surface area contributed by atoms with Crippen molar-refractivity contribution >= 4 is 22.0 Å². The van der Waals surface area contributed by atoms with Crippen LogP contribution in [0.3, 0.4) is 0 Å². The van der Waals surface area contributed by atoms with Gasteiger partial charge in [0.1, 0.15) is 0 Å². The Morgan fingerprint density at radius 1 is 1.30 bits per heavy atom. The summed E-state index contributed by atoms with van der Waals surface area (Å²) in [7, 11) is -2.83. The number of nitrogens with one attached hydrogen (secondary N) is 1. The predicted molar refractivity (Wildman–Crippen MR) is 71.6 cm³/mol. The summed E-state index contributed by atoms with van der Waals surface area (Å²) >= 11 is 0. The van der Waals surface area contributed by atoms with Crippen LogP contribution >= 0.6 is 0 Å². The molecule has 1 aliphatic carbocycles. The van der Waals surface area contributed by atoms with Crippen LogP contribution in [0, 0.1) is 5.41 Å². The summed E-state index contributed by atoms with van der Waals surface area (Å²) in [6.07, 6.45) is 3.37. The van der Waals surface area contributed by atoms with E-state index in [1.807, 2.05) is 0 Å². The van der Waals surface area contributed by atoms with Gasteiger partial charge in [0.15, 0.2) is 5.25 Å². The second kappa shape index (κ2) is 6.53. The summed E-state index contributed by atoms with van der Waals surface area (Å²) in [5.41, 5.74) is -1.07. The zero-order valence-electron chi connectivity index (χ0n) is 11.7. The van der Waals surface area contributed by atoms with Crippen molar-refractivity contribution in [2.75, 3.05) is 13.7 Å². The molecule has 8 heteroatoms. The first kappa shape index (κ1) is 16.9. The third-order valence-electron chi connectivity index (χ3n) is 3.87. The number of hydrogen-bond donors (Lipinski definition) is 2. The molecular weight excluding hydrogens is 286 g/mol. The average molecular weight is 307 g/mol. The molecular formula is C12H21NO6S. The third-order valence-corrected chi connectivity index (χ3v) is 5.54. The van der Waals surface area contributed by atoms with E-state index >= 15 is 0 Å². The van der Waals surface area contributed by atoms with E-state index < -0.39 is 32.6 Å². The Labute approximate surface area is 118 Å². The second-order valence-electron chi connectivity index (χ2n) is 5.18. The molecule has 0 spiro atoms. The van der Waals surface area contributed by atoms with Crippen molar-refractivity contribution in [3.05, 3.63) is 0 Å². The van der Waals surface area contributed by atoms with Gasteiger partial charge in [0.2, 0.25) is 10.0 Å². The quantitative estimate of drug-likeness (QED) is 0.692. The van der Waals surface area contributed by atoms with Crippen molar-refractivity contribution in [2.24, 2.45) is 5.41 Å². The van der Waals surface area contributed by atoms with E-state index in [4.69, 9.17) is 0 Å². The fourth-order valence-electron chi connectivity index (χ4n) is 2.35. The van der Waals surface area contributed by atoms with Crippen molar-refractivity contribution < 1.29 is 27.9 Å². The maximum Gasteiger partial charge on any atom is 0.325 e. The van der Waals surface area contributed by atoms with Crippen LogP contribution in [0.1, 0.15) is 39.0 Å². The molecule has 1 aliphatic rings. The molecule has 1 atom stereocenters. The summed E-state index contributed by atoms with van der Waals surface area (Å²) in [5.74, 6) is -1.86. The van der Waals surface area contributed by atoms with E-state index in [0.29, 0.717) is 12.8 Å². The van der Waals surface area contributed by atoms with Crippen LogP contribution in [0.15, 0.2) is 0 Å². The SMILES string of the molecule is COC(=O)C(C)S(=O)(=O)NCC1(C(=O)O)CCCCC1. The molecule has 20 heavy (non-hydrogen) atoms. The summed E-state index contributed by atoms with van der Waals surface area (Å²) in [4.78, 5) is 22.7. The number of methoxy groups -OCH3 is 1. The Bertz CT molecular complexity index is 466. The predicted octanol–water partition coefficient (Wildman–Crippen LogP) is 0.502. The zero-order chi connectivity index (χ0) is 15.4. The highest BCUT2D eigenvalue weighted by molar-refractivity contribution is 7.90. The van der Waals surface area contributed by atoms with Crippen LogP contribution in [-0.4, -0.2) is 44.4 Å². The summed E-state index contributed by atoms with van der Waals surface area (Å²) in [6, 6.07) is 0. The van der Waals surface area contributed by atoms with Gasteiger partial charge in [0, 0.05) is 6.54 Å². The van der Waals surface area contributed by atoms with Gasteiger partial charge >= 0.3 is 11.9 Å². The van der Waals surface area contributed by atoms with Crippen molar-refractivity contribution in [1.82, 2.24) is 4.72 Å². The Morgan fingerprint density at radius 2 is 1.85 bits per heavy atom. The number of sulfonamides is 1. The van der Waals surface area contributed by atoms with Gasteiger partial charge in [-0.2, -0.15) is 0 Å². The molecule has 0 amide bonds. The van der Waals surface area contributed by atoms with E-state index in [1.54, 1.807) is 0 Å². The van der Waals surface area contributed by atoms with Gasteiger partial charge in [0.05, 0.1) is 12.5 Å². The van der Waals surface area contributed by atoms with Gasteiger partial charge in [-0.05, 0) is 19.8 Å². The van der Waals surface area contributed by atoms with Gasteiger partial charge in [-0.3, -0.25) is 9.59 Å². The number of esters is 1. The molecule has 0 aromatic carbocycles. The topological polar surface area (TPSA) is 110 Å². The lowest BCUT2D eigenvalue weighted by molar-refractivity contribution is -0.150. The summed E-state index contributed by atoms with van der Waals surface area (Å²) in [5, 5.41) is 7.99. The highest BCUT2D eigenvalue weighted by Crippen LogP contribution is 2.36. The Balaban J connectivity index is 2.77. The van der Waals surface area contributed by atoms with Gasteiger partial charge in [-0.25, -0.2) is 13.1 Å². The molecule has 1 unspecified atom stereocenters. The summed E-state index contributed by atoms with van der Waals surface area (Å²) in [6.45, 7) is 1.02. The van der Waals surface area contributed by atoms with Gasteiger partial charge in [0.25, 0.3) is 0 Å². The zero-order valence-corrected chi connectivity index (χ0v) is 12.5. The molecule has 2 N–H and O–H groups in total. The Kier molecular flexibility index (Phi) is 5.52. The minimum absolute atomic E-state index is 0.188. The first-order chi connectivity index (χ1) is 9.25. The first-order valence-electron chi connectivity index (χ1n) is 6.55. The minimum atomic E-state index is -3.93. The molecule has 116 valence electrons. The van der Waals surface area contributed by atoms with Gasteiger partial charge < -0.3 is 9.84 Å². The molecule has 1 rings (SSSR count). The molecule has 1 saturated carbocycles. The van der Waals surface area contributed by atoms with E-state index in [1.165, 1.54) is 6.92 Å². The standard InChI is InChI=1S/C12H21NO6S/c1-9(10(14)19-2)20(17,18)13-8-12(11(15)16)6-4-3-5-7-12/h9,13H,3-8H2,1-2H3,(H,15,16). The summed E-state index contributed by atoms with van der Waals surface area (Å²) < 4.78 is 30.5. The van der Waals surface area contributed by atoms with Crippen LogP contribution in [0.4, 0.5) is 0 Å². The van der Waals surface area contributed by atoms with Crippen molar-refractivity contribution in [2.45, 2.75) is 44.3 Å². The van der Waals surface area contributed by atoms with Crippen molar-refractivity contribution in [1.29, 1.82) is 0 Å². The van der Waals surface area contributed by atoms with Crippen molar-refractivity contribution in [3.8, 4) is 0 Å². The normalized spacial score (nSPS) is 20.1. The first-order valence-corrected chi connectivity index (χ1v) is 8.09. The molecule has 0 aromatic rings. The third kappa shape index (κ3) is 3.69. The fraction of sp³-hybridized carbons (Fsp3) is 0.833. The largest absolute Gasteiger partial charge is 0.481 e. The van der Waals surface area contributed by atoms with Gasteiger partial charge in [-0.1, -0.05) is 19.3 Å². The number of carbonyl (C=O) groups is 2. The maximum atomic E-state index is 11.9. The number of carbonyl (C=O) groups excluding carboxylic acids is 1. The number of carboxylic acids is 1. The highest BCUT2D eigenvalue weighted by atomic mass is 32.2. The number of hydrogen-bond acceptors (Lipinski definition) is 5. The average Bonchev–Trinajstić information content (AvgIpc) is 2.44. The number of carboxylic acid groups (broad SMARTS) is 1. The van der Waals surface area contributed by atoms with Crippen LogP contribution in [0.25, 0.3) is 0 Å². The van der Waals surface area contributed by atoms with Crippen LogP contribution in [0.5, 0.6) is 0 Å². The monoisotopic (exact) mass is 307 g/mol. The minimum Gasteiger partial charge on any atom is -0.481 e. The van der Waals surface area contributed by atoms with E-state index in [9.17, 15) is 23.1 Å². The Hall–Kier alpha value is -1.15. The molecule has 0 aromatic heterocycles. The fourth-order valence-corrected chi connectivity index (χ4v) is 3.43. The highest BCUT2D eigenvalue weighted by Gasteiger charge is 2.41. The second-order valence-corrected chi connectivity index (χ2v) is 7.26. The molecule has 0 aliphatic heterocycles. The molecule has 0 radical (unpaired) electrons. The van der Waals surface area contributed by atoms with E-state index in [2.05, 4.69) is 9.46 Å². The smallest absolute Gasteiger partial charge is 0.325 e. The number of ether oxygens (including phenoxy) is 1. The molecule has 0 bridgehead atoms.